The summed E-state index contributed by atoms with van der Waals surface area (Å²) >= 11 is 0. The predicted octanol–water partition coefficient (Wildman–Crippen LogP) is 2.86. The summed E-state index contributed by atoms with van der Waals surface area (Å²) < 4.78 is 32.3. The minimum atomic E-state index is -2.87. The van der Waals surface area contributed by atoms with Crippen molar-refractivity contribution in [2.75, 3.05) is 13.2 Å². The number of alkyl halides is 2. The van der Waals surface area contributed by atoms with Crippen LogP contribution in [0.1, 0.15) is 31.2 Å². The van der Waals surface area contributed by atoms with Crippen LogP contribution in [0, 0.1) is 11.3 Å². The lowest BCUT2D eigenvalue weighted by atomic mass is 9.80. The van der Waals surface area contributed by atoms with Gasteiger partial charge in [0.25, 0.3) is 0 Å². The highest BCUT2D eigenvalue weighted by atomic mass is 35.5. The molecule has 1 saturated carbocycles. The number of nitrogens with one attached hydrogen (secondary N) is 2. The average Bonchev–Trinajstić information content (AvgIpc) is 2.95. The van der Waals surface area contributed by atoms with E-state index in [2.05, 4.69) is 5.32 Å². The van der Waals surface area contributed by atoms with Crippen LogP contribution in [0.3, 0.4) is 0 Å². The molecule has 0 heterocycles. The first-order valence-electron chi connectivity index (χ1n) is 7.95. The van der Waals surface area contributed by atoms with E-state index >= 15 is 0 Å². The van der Waals surface area contributed by atoms with Crippen LogP contribution in [0.4, 0.5) is 8.78 Å². The normalized spacial score (nSPS) is 20.8. The van der Waals surface area contributed by atoms with E-state index in [4.69, 9.17) is 10.1 Å². The van der Waals surface area contributed by atoms with Crippen molar-refractivity contribution in [2.45, 2.75) is 37.2 Å². The van der Waals surface area contributed by atoms with E-state index in [0.29, 0.717) is 13.0 Å². The van der Waals surface area contributed by atoms with Crippen molar-refractivity contribution in [2.24, 2.45) is 5.92 Å². The standard InChI is InChI=1S/C17H22F2N2O3.ClH/c18-16(19)8-7-14(11-16)17(23,13-5-2-1-3-6-13)15(22)24-10-4-9-21-12-20;/h1-3,5-6,12,14,23H,4,7-11H2,(H2,20,21);1H/t14-,17+;/m1./s1. The summed E-state index contributed by atoms with van der Waals surface area (Å²) in [5, 5.41) is 20.5. The van der Waals surface area contributed by atoms with Crippen LogP contribution in [0.2, 0.25) is 0 Å². The smallest absolute Gasteiger partial charge is 0.343 e. The summed E-state index contributed by atoms with van der Waals surface area (Å²) in [5.74, 6) is -4.66. The van der Waals surface area contributed by atoms with E-state index < -0.39 is 29.8 Å². The molecule has 0 unspecified atom stereocenters. The maximum absolute atomic E-state index is 13.6. The highest BCUT2D eigenvalue weighted by Crippen LogP contribution is 2.47. The lowest BCUT2D eigenvalue weighted by Gasteiger charge is -2.32. The molecule has 25 heavy (non-hydrogen) atoms. The Kier molecular flexibility index (Phi) is 7.76. The Morgan fingerprint density at radius 2 is 2.12 bits per heavy atom. The molecule has 1 aliphatic rings. The fourth-order valence-corrected chi connectivity index (χ4v) is 3.04. The van der Waals surface area contributed by atoms with Gasteiger partial charge in [-0.25, -0.2) is 13.6 Å². The Labute approximate surface area is 151 Å². The number of hydrogen-bond acceptors (Lipinski definition) is 4. The quantitative estimate of drug-likeness (QED) is 0.282. The van der Waals surface area contributed by atoms with Crippen LogP contribution in [0.15, 0.2) is 30.3 Å². The molecule has 0 amide bonds. The molecule has 140 valence electrons. The topological polar surface area (TPSA) is 82.4 Å². The Morgan fingerprint density at radius 1 is 1.44 bits per heavy atom. The van der Waals surface area contributed by atoms with E-state index in [1.54, 1.807) is 30.3 Å². The number of aliphatic hydroxyl groups is 1. The fourth-order valence-electron chi connectivity index (χ4n) is 3.04. The van der Waals surface area contributed by atoms with Crippen molar-refractivity contribution in [3.8, 4) is 0 Å². The highest BCUT2D eigenvalue weighted by molar-refractivity contribution is 5.85. The molecule has 1 aliphatic carbocycles. The summed E-state index contributed by atoms with van der Waals surface area (Å²) in [6, 6.07) is 8.12. The molecule has 0 bridgehead atoms. The summed E-state index contributed by atoms with van der Waals surface area (Å²) in [5.41, 5.74) is -1.80. The van der Waals surface area contributed by atoms with Gasteiger partial charge < -0.3 is 15.2 Å². The molecule has 2 rings (SSSR count). The van der Waals surface area contributed by atoms with Gasteiger partial charge in [-0.05, 0) is 18.4 Å². The van der Waals surface area contributed by atoms with Crippen LogP contribution < -0.4 is 5.32 Å². The molecular weight excluding hydrogens is 354 g/mol. The zero-order chi connectivity index (χ0) is 17.6. The molecule has 2 atom stereocenters. The molecule has 0 spiro atoms. The number of esters is 1. The van der Waals surface area contributed by atoms with E-state index in [0.717, 1.165) is 6.34 Å². The SMILES string of the molecule is Cl.N=CNCCCOC(=O)[C@](O)(c1ccccc1)[C@@H]1CCC(F)(F)C1. The molecule has 1 aromatic rings. The fraction of sp³-hybridized carbons (Fsp3) is 0.529. The Bertz CT molecular complexity index is 574. The van der Waals surface area contributed by atoms with E-state index in [-0.39, 0.29) is 37.4 Å². The first kappa shape index (κ1) is 21.3. The molecule has 3 N–H and O–H groups in total. The third-order valence-corrected chi connectivity index (χ3v) is 4.32. The summed E-state index contributed by atoms with van der Waals surface area (Å²) in [6.45, 7) is 0.486. The van der Waals surface area contributed by atoms with Crippen molar-refractivity contribution in [1.82, 2.24) is 5.32 Å². The van der Waals surface area contributed by atoms with Crippen molar-refractivity contribution in [3.63, 3.8) is 0 Å². The van der Waals surface area contributed by atoms with Gasteiger partial charge in [0.15, 0.2) is 5.60 Å². The van der Waals surface area contributed by atoms with Gasteiger partial charge in [0.05, 0.1) is 12.9 Å². The number of hydrogen-bond donors (Lipinski definition) is 3. The van der Waals surface area contributed by atoms with Crippen molar-refractivity contribution < 1.29 is 23.4 Å². The second-order valence-corrected chi connectivity index (χ2v) is 6.02. The van der Waals surface area contributed by atoms with Gasteiger partial charge >= 0.3 is 5.97 Å². The van der Waals surface area contributed by atoms with Crippen molar-refractivity contribution >= 4 is 24.7 Å². The van der Waals surface area contributed by atoms with Crippen LogP contribution in [-0.2, 0) is 15.1 Å². The predicted molar refractivity (Wildman–Crippen MR) is 92.2 cm³/mol. The second kappa shape index (κ2) is 9.10. The number of carbonyl (C=O) groups is 1. The monoisotopic (exact) mass is 376 g/mol. The van der Waals surface area contributed by atoms with Gasteiger partial charge in [0.1, 0.15) is 0 Å². The van der Waals surface area contributed by atoms with Crippen LogP contribution in [0.5, 0.6) is 0 Å². The zero-order valence-corrected chi connectivity index (χ0v) is 14.5. The van der Waals surface area contributed by atoms with Crippen LogP contribution >= 0.6 is 12.4 Å². The van der Waals surface area contributed by atoms with Gasteiger partial charge in [-0.2, -0.15) is 0 Å². The van der Waals surface area contributed by atoms with Crippen molar-refractivity contribution in [1.29, 1.82) is 5.41 Å². The molecule has 0 aliphatic heterocycles. The molecular formula is C17H23ClF2N2O3. The molecule has 8 heteroatoms. The molecule has 0 aromatic heterocycles. The van der Waals surface area contributed by atoms with Gasteiger partial charge in [-0.1, -0.05) is 30.3 Å². The molecule has 0 saturated heterocycles. The minimum absolute atomic E-state index is 0. The van der Waals surface area contributed by atoms with E-state index in [9.17, 15) is 18.7 Å². The lowest BCUT2D eigenvalue weighted by Crippen LogP contribution is -2.44. The summed E-state index contributed by atoms with van der Waals surface area (Å²) in [6.07, 6.45) is 0.657. The number of carbonyl (C=O) groups excluding carboxylic acids is 1. The average molecular weight is 377 g/mol. The Morgan fingerprint density at radius 3 is 2.68 bits per heavy atom. The Balaban J connectivity index is 0.00000312. The number of halogens is 3. The molecule has 0 radical (unpaired) electrons. The first-order chi connectivity index (χ1) is 11.4. The van der Waals surface area contributed by atoms with E-state index in [1.807, 2.05) is 0 Å². The van der Waals surface area contributed by atoms with Crippen LogP contribution in [0.25, 0.3) is 0 Å². The Hall–Kier alpha value is -1.73. The summed E-state index contributed by atoms with van der Waals surface area (Å²) in [7, 11) is 0. The van der Waals surface area contributed by atoms with Crippen LogP contribution in [-0.4, -0.2) is 36.5 Å². The van der Waals surface area contributed by atoms with Gasteiger partial charge in [-0.15, -0.1) is 12.4 Å². The zero-order valence-electron chi connectivity index (χ0n) is 13.7. The minimum Gasteiger partial charge on any atom is -0.463 e. The first-order valence-corrected chi connectivity index (χ1v) is 7.95. The third kappa shape index (κ3) is 5.12. The van der Waals surface area contributed by atoms with Gasteiger partial charge in [0.2, 0.25) is 5.92 Å². The number of rotatable bonds is 8. The van der Waals surface area contributed by atoms with Gasteiger partial charge in [-0.3, -0.25) is 5.41 Å². The lowest BCUT2D eigenvalue weighted by molar-refractivity contribution is -0.174. The highest BCUT2D eigenvalue weighted by Gasteiger charge is 2.54. The van der Waals surface area contributed by atoms with E-state index in [1.165, 1.54) is 0 Å². The largest absolute Gasteiger partial charge is 0.463 e. The molecule has 5 nitrogen and oxygen atoms in total. The van der Waals surface area contributed by atoms with Gasteiger partial charge in [0, 0.05) is 25.3 Å². The number of ether oxygens (including phenoxy) is 1. The maximum atomic E-state index is 13.6. The summed E-state index contributed by atoms with van der Waals surface area (Å²) in [4.78, 5) is 12.5. The van der Waals surface area contributed by atoms with Crippen molar-refractivity contribution in [3.05, 3.63) is 35.9 Å². The maximum Gasteiger partial charge on any atom is 0.343 e. The molecule has 1 fully saturated rings. The third-order valence-electron chi connectivity index (χ3n) is 4.32. The number of benzene rings is 1. The second-order valence-electron chi connectivity index (χ2n) is 6.02. The molecule has 1 aromatic carbocycles.